The number of nitrogens with two attached hydrogens (primary N) is 1. The number of morpholine rings is 1. The molecule has 2 rings (SSSR count). The molecule has 0 radical (unpaired) electrons. The largest absolute Gasteiger partial charge is 0.490 e. The van der Waals surface area contributed by atoms with Gasteiger partial charge in [0.1, 0.15) is 24.3 Å². The van der Waals surface area contributed by atoms with Gasteiger partial charge in [-0.25, -0.2) is 4.39 Å². The lowest BCUT2D eigenvalue weighted by molar-refractivity contribution is -0.107. The van der Waals surface area contributed by atoms with Crippen molar-refractivity contribution in [2.75, 3.05) is 19.7 Å². The molecular formula is C14H19FN2O3. The number of carbonyl (C=O) groups is 1. The number of ether oxygens (including phenoxy) is 2. The number of benzene rings is 1. The summed E-state index contributed by atoms with van der Waals surface area (Å²) in [4.78, 5) is 11.3. The van der Waals surface area contributed by atoms with Crippen LogP contribution in [0.15, 0.2) is 18.2 Å². The van der Waals surface area contributed by atoms with Crippen LogP contribution in [-0.4, -0.2) is 37.3 Å². The Labute approximate surface area is 117 Å². The normalized spacial score (nSPS) is 21.4. The van der Waals surface area contributed by atoms with Gasteiger partial charge in [-0.1, -0.05) is 0 Å². The second-order valence-electron chi connectivity index (χ2n) is 5.45. The van der Waals surface area contributed by atoms with Crippen molar-refractivity contribution in [3.63, 3.8) is 0 Å². The van der Waals surface area contributed by atoms with E-state index in [9.17, 15) is 9.18 Å². The number of nitrogens with one attached hydrogen (secondary N) is 1. The summed E-state index contributed by atoms with van der Waals surface area (Å²) in [6.07, 6.45) is -0.135. The van der Waals surface area contributed by atoms with Crippen LogP contribution in [0.5, 0.6) is 5.75 Å². The third kappa shape index (κ3) is 3.68. The fourth-order valence-corrected chi connectivity index (χ4v) is 2.17. The van der Waals surface area contributed by atoms with E-state index in [1.165, 1.54) is 12.1 Å². The number of carbonyl (C=O) groups excluding carboxylic acids is 1. The molecular weight excluding hydrogens is 263 g/mol. The lowest BCUT2D eigenvalue weighted by Gasteiger charge is -2.36. The van der Waals surface area contributed by atoms with Gasteiger partial charge in [-0.05, 0) is 32.0 Å². The van der Waals surface area contributed by atoms with Gasteiger partial charge in [-0.15, -0.1) is 0 Å². The number of halogens is 1. The lowest BCUT2D eigenvalue weighted by atomic mass is 10.1. The van der Waals surface area contributed by atoms with Crippen LogP contribution in [0.2, 0.25) is 0 Å². The Morgan fingerprint density at radius 1 is 1.60 bits per heavy atom. The molecule has 1 unspecified atom stereocenters. The minimum Gasteiger partial charge on any atom is -0.490 e. The summed E-state index contributed by atoms with van der Waals surface area (Å²) < 4.78 is 24.5. The SMILES string of the molecule is CC1(C)CNCC(COc2ccc(F)cc2C(N)=O)O1. The third-order valence-corrected chi connectivity index (χ3v) is 3.04. The van der Waals surface area contributed by atoms with Crippen molar-refractivity contribution in [1.82, 2.24) is 5.32 Å². The lowest BCUT2D eigenvalue weighted by Crippen LogP contribution is -2.52. The van der Waals surface area contributed by atoms with Crippen molar-refractivity contribution >= 4 is 5.91 Å². The molecule has 0 aromatic heterocycles. The minimum atomic E-state index is -0.720. The zero-order chi connectivity index (χ0) is 14.8. The van der Waals surface area contributed by atoms with Crippen molar-refractivity contribution in [2.45, 2.75) is 25.6 Å². The molecule has 110 valence electrons. The smallest absolute Gasteiger partial charge is 0.252 e. The molecule has 0 spiro atoms. The maximum Gasteiger partial charge on any atom is 0.252 e. The quantitative estimate of drug-likeness (QED) is 0.866. The van der Waals surface area contributed by atoms with Crippen molar-refractivity contribution in [3.05, 3.63) is 29.6 Å². The van der Waals surface area contributed by atoms with Gasteiger partial charge in [0.25, 0.3) is 5.91 Å². The molecule has 1 atom stereocenters. The molecule has 0 aliphatic carbocycles. The molecule has 6 heteroatoms. The van der Waals surface area contributed by atoms with Crippen molar-refractivity contribution < 1.29 is 18.7 Å². The predicted molar refractivity (Wildman–Crippen MR) is 72.2 cm³/mol. The molecule has 1 fully saturated rings. The van der Waals surface area contributed by atoms with E-state index < -0.39 is 11.7 Å². The molecule has 1 aromatic carbocycles. The first kappa shape index (κ1) is 14.7. The van der Waals surface area contributed by atoms with Crippen molar-refractivity contribution in [3.8, 4) is 5.75 Å². The molecule has 1 aliphatic rings. The first-order valence-corrected chi connectivity index (χ1v) is 6.48. The van der Waals surface area contributed by atoms with Crippen LogP contribution in [0.3, 0.4) is 0 Å². The molecule has 1 heterocycles. The van der Waals surface area contributed by atoms with E-state index in [1.54, 1.807) is 0 Å². The van der Waals surface area contributed by atoms with E-state index in [2.05, 4.69) is 5.32 Å². The highest BCUT2D eigenvalue weighted by Gasteiger charge is 2.28. The average molecular weight is 282 g/mol. The summed E-state index contributed by atoms with van der Waals surface area (Å²) >= 11 is 0. The highest BCUT2D eigenvalue weighted by Crippen LogP contribution is 2.21. The first-order chi connectivity index (χ1) is 9.37. The Hall–Kier alpha value is -1.66. The van der Waals surface area contributed by atoms with E-state index in [-0.39, 0.29) is 29.6 Å². The van der Waals surface area contributed by atoms with Crippen molar-refractivity contribution in [1.29, 1.82) is 0 Å². The fraction of sp³-hybridized carbons (Fsp3) is 0.500. The number of hydrogen-bond donors (Lipinski definition) is 2. The van der Waals surface area contributed by atoms with Gasteiger partial charge in [0.05, 0.1) is 11.2 Å². The van der Waals surface area contributed by atoms with Gasteiger partial charge >= 0.3 is 0 Å². The van der Waals surface area contributed by atoms with Crippen LogP contribution in [-0.2, 0) is 4.74 Å². The Kier molecular flexibility index (Phi) is 4.25. The highest BCUT2D eigenvalue weighted by molar-refractivity contribution is 5.95. The Balaban J connectivity index is 2.02. The Bertz CT molecular complexity index is 505. The summed E-state index contributed by atoms with van der Waals surface area (Å²) in [5, 5.41) is 3.25. The van der Waals surface area contributed by atoms with Crippen molar-refractivity contribution in [2.24, 2.45) is 5.73 Å². The van der Waals surface area contributed by atoms with E-state index in [1.807, 2.05) is 13.8 Å². The third-order valence-electron chi connectivity index (χ3n) is 3.04. The molecule has 3 N–H and O–H groups in total. The van der Waals surface area contributed by atoms with Gasteiger partial charge in [0.15, 0.2) is 0 Å². The van der Waals surface area contributed by atoms with E-state index in [0.29, 0.717) is 6.54 Å². The van der Waals surface area contributed by atoms with Gasteiger partial charge in [0, 0.05) is 13.1 Å². The average Bonchev–Trinajstić information content (AvgIpc) is 2.36. The summed E-state index contributed by atoms with van der Waals surface area (Å²) in [7, 11) is 0. The van der Waals surface area contributed by atoms with E-state index >= 15 is 0 Å². The summed E-state index contributed by atoms with van der Waals surface area (Å²) in [5.74, 6) is -0.976. The second kappa shape index (κ2) is 5.76. The van der Waals surface area contributed by atoms with Gasteiger partial charge < -0.3 is 20.5 Å². The molecule has 5 nitrogen and oxygen atoms in total. The number of hydrogen-bond acceptors (Lipinski definition) is 4. The van der Waals surface area contributed by atoms with Crippen LogP contribution >= 0.6 is 0 Å². The van der Waals surface area contributed by atoms with E-state index in [0.717, 1.165) is 12.6 Å². The summed E-state index contributed by atoms with van der Waals surface area (Å²) in [6.45, 7) is 5.67. The van der Waals surface area contributed by atoms with Gasteiger partial charge in [0.2, 0.25) is 0 Å². The monoisotopic (exact) mass is 282 g/mol. The van der Waals surface area contributed by atoms with E-state index in [4.69, 9.17) is 15.2 Å². The minimum absolute atomic E-state index is 0.0352. The topological polar surface area (TPSA) is 73.6 Å². The number of rotatable bonds is 4. The number of primary amides is 1. The zero-order valence-electron chi connectivity index (χ0n) is 11.6. The van der Waals surface area contributed by atoms with Crippen LogP contribution < -0.4 is 15.8 Å². The fourth-order valence-electron chi connectivity index (χ4n) is 2.17. The Morgan fingerprint density at radius 3 is 3.00 bits per heavy atom. The van der Waals surface area contributed by atoms with Crippen LogP contribution in [0.4, 0.5) is 4.39 Å². The van der Waals surface area contributed by atoms with Crippen LogP contribution in [0.25, 0.3) is 0 Å². The maximum absolute atomic E-state index is 13.1. The molecule has 0 saturated carbocycles. The molecule has 20 heavy (non-hydrogen) atoms. The molecule has 1 aliphatic heterocycles. The molecule has 1 aromatic rings. The Morgan fingerprint density at radius 2 is 2.35 bits per heavy atom. The summed E-state index contributed by atoms with van der Waals surface area (Å²) in [5.41, 5.74) is 4.98. The number of amides is 1. The standard InChI is InChI=1S/C14H19FN2O3/c1-14(2)8-17-6-10(20-14)7-19-12-4-3-9(15)5-11(12)13(16)18/h3-5,10,17H,6-8H2,1-2H3,(H2,16,18). The maximum atomic E-state index is 13.1. The van der Waals surface area contributed by atoms with Gasteiger partial charge in [-0.2, -0.15) is 0 Å². The molecule has 1 saturated heterocycles. The summed E-state index contributed by atoms with van der Waals surface area (Å²) in [6, 6.07) is 3.70. The highest BCUT2D eigenvalue weighted by atomic mass is 19.1. The van der Waals surface area contributed by atoms with Crippen LogP contribution in [0, 0.1) is 5.82 Å². The molecule has 1 amide bonds. The van der Waals surface area contributed by atoms with Gasteiger partial charge in [-0.3, -0.25) is 4.79 Å². The van der Waals surface area contributed by atoms with Crippen LogP contribution in [0.1, 0.15) is 24.2 Å². The molecule has 0 bridgehead atoms. The predicted octanol–water partition coefficient (Wildman–Crippen LogP) is 1.07. The first-order valence-electron chi connectivity index (χ1n) is 6.48. The zero-order valence-corrected chi connectivity index (χ0v) is 11.6. The second-order valence-corrected chi connectivity index (χ2v) is 5.45.